The summed E-state index contributed by atoms with van der Waals surface area (Å²) in [7, 11) is 0. The van der Waals surface area contributed by atoms with Crippen LogP contribution in [0.25, 0.3) is 0 Å². The quantitative estimate of drug-likeness (QED) is 0.830. The number of halogens is 3. The lowest BCUT2D eigenvalue weighted by atomic mass is 10.1. The van der Waals surface area contributed by atoms with Gasteiger partial charge >= 0.3 is 12.2 Å². The summed E-state index contributed by atoms with van der Waals surface area (Å²) in [5, 5.41) is 4.97. The Morgan fingerprint density at radius 2 is 2.08 bits per heavy atom. The van der Waals surface area contributed by atoms with Crippen molar-refractivity contribution in [3.63, 3.8) is 0 Å². The molecule has 0 atom stereocenters. The van der Waals surface area contributed by atoms with Gasteiger partial charge in [-0.05, 0) is 32.0 Å². The second-order valence-electron chi connectivity index (χ2n) is 5.12. The minimum absolute atomic E-state index is 0.0253. The highest BCUT2D eigenvalue weighted by Crippen LogP contribution is 2.37. The number of hydrogen-bond acceptors (Lipinski definition) is 3. The lowest BCUT2D eigenvalue weighted by Crippen LogP contribution is -2.29. The molecular formula is C16H19F3N4O2. The number of alkyl halides is 3. The largest absolute Gasteiger partial charge is 0.493 e. The summed E-state index contributed by atoms with van der Waals surface area (Å²) in [5.74, 6) is -0.271. The van der Waals surface area contributed by atoms with Crippen molar-refractivity contribution >= 4 is 11.7 Å². The molecule has 2 aromatic rings. The zero-order valence-corrected chi connectivity index (χ0v) is 13.9. The third-order valence-corrected chi connectivity index (χ3v) is 3.41. The Balaban J connectivity index is 2.05. The van der Waals surface area contributed by atoms with E-state index in [-0.39, 0.29) is 24.6 Å². The van der Waals surface area contributed by atoms with Crippen LogP contribution in [0.15, 0.2) is 30.7 Å². The van der Waals surface area contributed by atoms with Crippen molar-refractivity contribution < 1.29 is 22.7 Å². The fourth-order valence-electron chi connectivity index (χ4n) is 2.24. The van der Waals surface area contributed by atoms with Crippen molar-refractivity contribution in [3.05, 3.63) is 42.0 Å². The molecule has 9 heteroatoms. The number of nitrogens with one attached hydrogen (secondary N) is 2. The molecule has 2 amide bonds. The maximum absolute atomic E-state index is 13.1. The van der Waals surface area contributed by atoms with E-state index < -0.39 is 17.8 Å². The van der Waals surface area contributed by atoms with E-state index in [4.69, 9.17) is 4.74 Å². The summed E-state index contributed by atoms with van der Waals surface area (Å²) in [6.07, 6.45) is -1.33. The lowest BCUT2D eigenvalue weighted by molar-refractivity contribution is -0.138. The van der Waals surface area contributed by atoms with Crippen molar-refractivity contribution in [2.75, 3.05) is 11.9 Å². The predicted molar refractivity (Wildman–Crippen MR) is 86.4 cm³/mol. The number of imidazole rings is 1. The van der Waals surface area contributed by atoms with Crippen molar-refractivity contribution in [2.24, 2.45) is 0 Å². The van der Waals surface area contributed by atoms with Crippen molar-refractivity contribution in [3.8, 4) is 5.75 Å². The number of carbonyl (C=O) groups is 1. The zero-order chi connectivity index (χ0) is 18.4. The number of amides is 2. The first kappa shape index (κ1) is 18.6. The van der Waals surface area contributed by atoms with Gasteiger partial charge < -0.3 is 19.9 Å². The summed E-state index contributed by atoms with van der Waals surface area (Å²) in [6.45, 7) is 4.56. The van der Waals surface area contributed by atoms with E-state index in [1.54, 1.807) is 19.4 Å². The molecule has 1 aromatic heterocycles. The second kappa shape index (κ2) is 7.91. The van der Waals surface area contributed by atoms with E-state index >= 15 is 0 Å². The molecule has 1 heterocycles. The minimum Gasteiger partial charge on any atom is -0.493 e. The van der Waals surface area contributed by atoms with Gasteiger partial charge in [0.05, 0.1) is 30.7 Å². The number of rotatable bonds is 6. The first-order chi connectivity index (χ1) is 11.8. The highest BCUT2D eigenvalue weighted by atomic mass is 19.4. The maximum atomic E-state index is 13.1. The molecule has 0 radical (unpaired) electrons. The Morgan fingerprint density at radius 1 is 1.32 bits per heavy atom. The molecule has 0 aliphatic carbocycles. The van der Waals surface area contributed by atoms with Gasteiger partial charge in [-0.2, -0.15) is 13.2 Å². The van der Waals surface area contributed by atoms with Crippen LogP contribution in [-0.4, -0.2) is 22.2 Å². The monoisotopic (exact) mass is 356 g/mol. The van der Waals surface area contributed by atoms with Crippen LogP contribution in [0.3, 0.4) is 0 Å². The number of aromatic nitrogens is 2. The van der Waals surface area contributed by atoms with Crippen LogP contribution in [0.4, 0.5) is 23.7 Å². The number of ether oxygens (including phenoxy) is 1. The smallest absolute Gasteiger partial charge is 0.420 e. The van der Waals surface area contributed by atoms with E-state index in [1.165, 1.54) is 12.1 Å². The van der Waals surface area contributed by atoms with Crippen LogP contribution in [0.2, 0.25) is 0 Å². The molecule has 0 aliphatic heterocycles. The van der Waals surface area contributed by atoms with Crippen LogP contribution in [0, 0.1) is 0 Å². The molecule has 0 fully saturated rings. The van der Waals surface area contributed by atoms with E-state index in [2.05, 4.69) is 15.6 Å². The number of benzene rings is 1. The summed E-state index contributed by atoms with van der Waals surface area (Å²) in [5.41, 5.74) is -0.117. The molecule has 0 aliphatic rings. The highest BCUT2D eigenvalue weighted by molar-refractivity contribution is 5.89. The topological polar surface area (TPSA) is 68.2 Å². The van der Waals surface area contributed by atoms with Crippen LogP contribution in [0.5, 0.6) is 5.75 Å². The normalized spacial score (nSPS) is 11.2. The number of carbonyl (C=O) groups excluding carboxylic acids is 1. The minimum atomic E-state index is -4.58. The Morgan fingerprint density at radius 3 is 2.72 bits per heavy atom. The summed E-state index contributed by atoms with van der Waals surface area (Å²) in [4.78, 5) is 15.9. The second-order valence-corrected chi connectivity index (χ2v) is 5.12. The molecule has 0 saturated heterocycles. The maximum Gasteiger partial charge on any atom is 0.420 e. The summed E-state index contributed by atoms with van der Waals surface area (Å²) in [6, 6.07) is 2.78. The van der Waals surface area contributed by atoms with Gasteiger partial charge in [0.25, 0.3) is 0 Å². The van der Waals surface area contributed by atoms with E-state index in [9.17, 15) is 18.0 Å². The van der Waals surface area contributed by atoms with Gasteiger partial charge in [-0.1, -0.05) is 0 Å². The number of hydrogen-bond donors (Lipinski definition) is 2. The van der Waals surface area contributed by atoms with Gasteiger partial charge in [-0.15, -0.1) is 0 Å². The Bertz CT molecular complexity index is 728. The van der Waals surface area contributed by atoms with Gasteiger partial charge in [0.1, 0.15) is 5.75 Å². The number of anilines is 1. The molecule has 2 rings (SSSR count). The van der Waals surface area contributed by atoms with Gasteiger partial charge in [0.15, 0.2) is 0 Å². The average molecular weight is 356 g/mol. The molecule has 0 bridgehead atoms. The molecule has 2 N–H and O–H groups in total. The molecule has 1 aromatic carbocycles. The van der Waals surface area contributed by atoms with Gasteiger partial charge in [-0.25, -0.2) is 9.78 Å². The first-order valence-electron chi connectivity index (χ1n) is 7.73. The van der Waals surface area contributed by atoms with Crippen molar-refractivity contribution in [2.45, 2.75) is 33.1 Å². The molecule has 0 spiro atoms. The fraction of sp³-hybridized carbons (Fsp3) is 0.375. The molecule has 6 nitrogen and oxygen atoms in total. The third kappa shape index (κ3) is 4.88. The summed E-state index contributed by atoms with van der Waals surface area (Å²) < 4.78 is 46.1. The van der Waals surface area contributed by atoms with Crippen molar-refractivity contribution in [1.82, 2.24) is 14.9 Å². The summed E-state index contributed by atoms with van der Waals surface area (Å²) >= 11 is 0. The zero-order valence-electron chi connectivity index (χ0n) is 13.9. The SMILES string of the molecule is CCOc1ccc(NC(=O)NCc2cncn2CC)cc1C(F)(F)F. The van der Waals surface area contributed by atoms with Gasteiger partial charge in [0, 0.05) is 18.4 Å². The fourth-order valence-corrected chi connectivity index (χ4v) is 2.24. The van der Waals surface area contributed by atoms with Crippen molar-refractivity contribution in [1.29, 1.82) is 0 Å². The number of urea groups is 1. The highest BCUT2D eigenvalue weighted by Gasteiger charge is 2.34. The Labute approximate surface area is 143 Å². The van der Waals surface area contributed by atoms with Gasteiger partial charge in [-0.3, -0.25) is 0 Å². The van der Waals surface area contributed by atoms with E-state index in [0.717, 1.165) is 11.8 Å². The third-order valence-electron chi connectivity index (χ3n) is 3.41. The molecule has 136 valence electrons. The van der Waals surface area contributed by atoms with Crippen LogP contribution >= 0.6 is 0 Å². The average Bonchev–Trinajstić information content (AvgIpc) is 3.01. The molecule has 0 saturated carbocycles. The standard InChI is InChI=1S/C16H19F3N4O2/c1-3-23-10-20-8-12(23)9-21-15(24)22-11-5-6-14(25-4-2)13(7-11)16(17,18)19/h5-8,10H,3-4,9H2,1-2H3,(H2,21,22,24). The van der Waals surface area contributed by atoms with Crippen LogP contribution in [0.1, 0.15) is 25.1 Å². The lowest BCUT2D eigenvalue weighted by Gasteiger charge is -2.15. The van der Waals surface area contributed by atoms with E-state index in [1.807, 2.05) is 11.5 Å². The Hall–Kier alpha value is -2.71. The molecule has 25 heavy (non-hydrogen) atoms. The number of aryl methyl sites for hydroxylation is 1. The first-order valence-corrected chi connectivity index (χ1v) is 7.73. The molecular weight excluding hydrogens is 337 g/mol. The Kier molecular flexibility index (Phi) is 5.89. The van der Waals surface area contributed by atoms with Crippen LogP contribution in [-0.2, 0) is 19.3 Å². The predicted octanol–water partition coefficient (Wildman–Crippen LogP) is 3.64. The van der Waals surface area contributed by atoms with Gasteiger partial charge in [0.2, 0.25) is 0 Å². The molecule has 0 unspecified atom stereocenters. The van der Waals surface area contributed by atoms with E-state index in [0.29, 0.717) is 6.54 Å². The van der Waals surface area contributed by atoms with Crippen LogP contribution < -0.4 is 15.4 Å². The number of nitrogens with zero attached hydrogens (tertiary/aromatic N) is 2.